The van der Waals surface area contributed by atoms with Crippen LogP contribution in [-0.4, -0.2) is 23.5 Å². The van der Waals surface area contributed by atoms with Gasteiger partial charge in [0.25, 0.3) is 0 Å². The van der Waals surface area contributed by atoms with Gasteiger partial charge in [0, 0.05) is 13.0 Å². The van der Waals surface area contributed by atoms with Crippen LogP contribution >= 0.6 is 0 Å². The summed E-state index contributed by atoms with van der Waals surface area (Å²) in [6.45, 7) is 2.56. The molecule has 1 rings (SSSR count). The van der Waals surface area contributed by atoms with E-state index >= 15 is 0 Å². The topological polar surface area (TPSA) is 66.4 Å². The highest BCUT2D eigenvalue weighted by molar-refractivity contribution is 5.83. The maximum absolute atomic E-state index is 11.9. The molecule has 0 bridgehead atoms. The molecule has 4 heteroatoms. The van der Waals surface area contributed by atoms with Crippen LogP contribution in [0.1, 0.15) is 50.5 Å². The molecule has 0 aliphatic heterocycles. The van der Waals surface area contributed by atoms with Gasteiger partial charge in [0.05, 0.1) is 5.92 Å². The van der Waals surface area contributed by atoms with Gasteiger partial charge >= 0.3 is 5.97 Å². The van der Waals surface area contributed by atoms with Gasteiger partial charge in [-0.3, -0.25) is 9.59 Å². The first-order chi connectivity index (χ1) is 9.61. The van der Waals surface area contributed by atoms with Gasteiger partial charge in [0.15, 0.2) is 0 Å². The number of carbonyl (C=O) groups is 2. The van der Waals surface area contributed by atoms with Crippen molar-refractivity contribution in [3.63, 3.8) is 0 Å². The fraction of sp³-hybridized carbons (Fsp3) is 0.500. The molecule has 1 aromatic rings. The van der Waals surface area contributed by atoms with Gasteiger partial charge in [-0.1, -0.05) is 43.2 Å². The molecule has 0 spiro atoms. The van der Waals surface area contributed by atoms with Crippen LogP contribution in [0.4, 0.5) is 0 Å². The Kier molecular flexibility index (Phi) is 7.40. The molecular weight excluding hydrogens is 254 g/mol. The van der Waals surface area contributed by atoms with Gasteiger partial charge in [-0.15, -0.1) is 0 Å². The number of amides is 1. The first-order valence-electron chi connectivity index (χ1n) is 7.15. The van der Waals surface area contributed by atoms with Crippen LogP contribution in [0, 0.1) is 0 Å². The standard InChI is InChI=1S/C16H23NO3/c1-13(14-9-5-4-6-10-14)16(20)17-12-8-3-2-7-11-15(18)19/h4-6,9-10,13H,2-3,7-8,11-12H2,1H3,(H,17,20)(H,18,19). The summed E-state index contributed by atoms with van der Waals surface area (Å²) < 4.78 is 0. The van der Waals surface area contributed by atoms with Gasteiger partial charge in [0.2, 0.25) is 5.91 Å². The van der Waals surface area contributed by atoms with E-state index in [9.17, 15) is 9.59 Å². The zero-order valence-electron chi connectivity index (χ0n) is 12.0. The highest BCUT2D eigenvalue weighted by Crippen LogP contribution is 2.14. The third-order valence-electron chi connectivity index (χ3n) is 3.31. The average Bonchev–Trinajstić information content (AvgIpc) is 2.45. The first kappa shape index (κ1) is 16.2. The maximum Gasteiger partial charge on any atom is 0.303 e. The predicted molar refractivity (Wildman–Crippen MR) is 78.6 cm³/mol. The number of hydrogen-bond donors (Lipinski definition) is 2. The number of rotatable bonds is 9. The second-order valence-electron chi connectivity index (χ2n) is 4.98. The number of carboxylic acid groups (broad SMARTS) is 1. The third kappa shape index (κ3) is 6.36. The number of carboxylic acids is 1. The Bertz CT molecular complexity index is 417. The number of unbranched alkanes of at least 4 members (excludes halogenated alkanes) is 3. The summed E-state index contributed by atoms with van der Waals surface area (Å²) in [7, 11) is 0. The summed E-state index contributed by atoms with van der Waals surface area (Å²) in [4.78, 5) is 22.3. The van der Waals surface area contributed by atoms with Gasteiger partial charge in [-0.25, -0.2) is 0 Å². The van der Waals surface area contributed by atoms with Crippen LogP contribution in [0.15, 0.2) is 30.3 Å². The van der Waals surface area contributed by atoms with Crippen LogP contribution in [0.25, 0.3) is 0 Å². The van der Waals surface area contributed by atoms with E-state index in [1.807, 2.05) is 37.3 Å². The third-order valence-corrected chi connectivity index (χ3v) is 3.31. The molecule has 2 N–H and O–H groups in total. The van der Waals surface area contributed by atoms with Crippen molar-refractivity contribution in [1.29, 1.82) is 0 Å². The molecule has 0 saturated carbocycles. The lowest BCUT2D eigenvalue weighted by Gasteiger charge is -2.12. The van der Waals surface area contributed by atoms with E-state index in [2.05, 4.69) is 5.32 Å². The lowest BCUT2D eigenvalue weighted by molar-refractivity contribution is -0.137. The van der Waals surface area contributed by atoms with Crippen molar-refractivity contribution < 1.29 is 14.7 Å². The van der Waals surface area contributed by atoms with Crippen molar-refractivity contribution in [3.8, 4) is 0 Å². The average molecular weight is 277 g/mol. The van der Waals surface area contributed by atoms with Crippen molar-refractivity contribution >= 4 is 11.9 Å². The number of benzene rings is 1. The normalized spacial score (nSPS) is 11.8. The Morgan fingerprint density at radius 2 is 1.75 bits per heavy atom. The molecule has 4 nitrogen and oxygen atoms in total. The predicted octanol–water partition coefficient (Wildman–Crippen LogP) is 2.94. The minimum absolute atomic E-state index is 0.0433. The summed E-state index contributed by atoms with van der Waals surface area (Å²) in [6.07, 6.45) is 3.69. The Morgan fingerprint density at radius 1 is 1.10 bits per heavy atom. The zero-order valence-corrected chi connectivity index (χ0v) is 12.0. The maximum atomic E-state index is 11.9. The summed E-state index contributed by atoms with van der Waals surface area (Å²) in [6, 6.07) is 9.71. The molecule has 1 amide bonds. The zero-order chi connectivity index (χ0) is 14.8. The molecule has 0 aliphatic rings. The molecule has 1 unspecified atom stereocenters. The number of aliphatic carboxylic acids is 1. The minimum atomic E-state index is -0.741. The second kappa shape index (κ2) is 9.13. The lowest BCUT2D eigenvalue weighted by atomic mass is 10.0. The number of carbonyl (C=O) groups excluding carboxylic acids is 1. The lowest BCUT2D eigenvalue weighted by Crippen LogP contribution is -2.28. The smallest absolute Gasteiger partial charge is 0.303 e. The van der Waals surface area contributed by atoms with Crippen LogP contribution in [0.2, 0.25) is 0 Å². The van der Waals surface area contributed by atoms with E-state index in [0.717, 1.165) is 24.8 Å². The van der Waals surface area contributed by atoms with E-state index < -0.39 is 5.97 Å². The van der Waals surface area contributed by atoms with E-state index in [1.54, 1.807) is 0 Å². The van der Waals surface area contributed by atoms with Crippen LogP contribution in [0.3, 0.4) is 0 Å². The first-order valence-corrected chi connectivity index (χ1v) is 7.15. The summed E-state index contributed by atoms with van der Waals surface area (Å²) in [5.41, 5.74) is 1.02. The molecule has 0 aromatic heterocycles. The Labute approximate surface area is 120 Å². The van der Waals surface area contributed by atoms with Crippen molar-refractivity contribution in [2.24, 2.45) is 0 Å². The van der Waals surface area contributed by atoms with E-state index in [1.165, 1.54) is 0 Å². The quantitative estimate of drug-likeness (QED) is 0.682. The molecule has 0 aliphatic carbocycles. The van der Waals surface area contributed by atoms with E-state index in [0.29, 0.717) is 13.0 Å². The van der Waals surface area contributed by atoms with Crippen molar-refractivity contribution in [2.45, 2.75) is 44.9 Å². The molecule has 1 aromatic carbocycles. The molecule has 20 heavy (non-hydrogen) atoms. The SMILES string of the molecule is CC(C(=O)NCCCCCCC(=O)O)c1ccccc1. The highest BCUT2D eigenvalue weighted by Gasteiger charge is 2.13. The summed E-state index contributed by atoms with van der Waals surface area (Å²) in [5, 5.41) is 11.4. The van der Waals surface area contributed by atoms with E-state index in [4.69, 9.17) is 5.11 Å². The fourth-order valence-electron chi connectivity index (χ4n) is 2.01. The summed E-state index contributed by atoms with van der Waals surface area (Å²) in [5.74, 6) is -0.833. The molecule has 0 radical (unpaired) electrons. The van der Waals surface area contributed by atoms with Gasteiger partial charge in [0.1, 0.15) is 0 Å². The fourth-order valence-corrected chi connectivity index (χ4v) is 2.01. The molecule has 110 valence electrons. The molecule has 1 atom stereocenters. The summed E-state index contributed by atoms with van der Waals surface area (Å²) >= 11 is 0. The minimum Gasteiger partial charge on any atom is -0.481 e. The van der Waals surface area contributed by atoms with Crippen molar-refractivity contribution in [2.75, 3.05) is 6.54 Å². The van der Waals surface area contributed by atoms with Gasteiger partial charge < -0.3 is 10.4 Å². The van der Waals surface area contributed by atoms with Gasteiger partial charge in [-0.2, -0.15) is 0 Å². The highest BCUT2D eigenvalue weighted by atomic mass is 16.4. The molecular formula is C16H23NO3. The van der Waals surface area contributed by atoms with E-state index in [-0.39, 0.29) is 18.2 Å². The number of hydrogen-bond acceptors (Lipinski definition) is 2. The van der Waals surface area contributed by atoms with Crippen molar-refractivity contribution in [3.05, 3.63) is 35.9 Å². The van der Waals surface area contributed by atoms with Crippen LogP contribution in [0.5, 0.6) is 0 Å². The van der Waals surface area contributed by atoms with Gasteiger partial charge in [-0.05, 0) is 25.3 Å². The molecule has 0 fully saturated rings. The Balaban J connectivity index is 2.13. The second-order valence-corrected chi connectivity index (χ2v) is 4.98. The van der Waals surface area contributed by atoms with Crippen LogP contribution in [-0.2, 0) is 9.59 Å². The number of nitrogens with one attached hydrogen (secondary N) is 1. The molecule has 0 saturated heterocycles. The van der Waals surface area contributed by atoms with Crippen LogP contribution < -0.4 is 5.32 Å². The largest absolute Gasteiger partial charge is 0.481 e. The Morgan fingerprint density at radius 3 is 2.40 bits per heavy atom. The monoisotopic (exact) mass is 277 g/mol. The molecule has 0 heterocycles. The van der Waals surface area contributed by atoms with Crippen molar-refractivity contribution in [1.82, 2.24) is 5.32 Å². The Hall–Kier alpha value is -1.84.